The van der Waals surface area contributed by atoms with Crippen molar-refractivity contribution >= 4 is 5.57 Å². The maximum absolute atomic E-state index is 9.73. The van der Waals surface area contributed by atoms with Crippen molar-refractivity contribution in [2.45, 2.75) is 51.9 Å². The van der Waals surface area contributed by atoms with Gasteiger partial charge < -0.3 is 10.2 Å². The zero-order chi connectivity index (χ0) is 18.4. The third-order valence-corrected chi connectivity index (χ3v) is 5.52. The van der Waals surface area contributed by atoms with Crippen molar-refractivity contribution in [3.8, 4) is 5.75 Å². The maximum atomic E-state index is 9.73. The van der Waals surface area contributed by atoms with Crippen LogP contribution in [0, 0.1) is 12.8 Å². The molecular formula is C24H30O2. The number of allylic oxidation sites excluding steroid dienone is 1. The van der Waals surface area contributed by atoms with E-state index in [1.807, 2.05) is 12.1 Å². The van der Waals surface area contributed by atoms with Gasteiger partial charge in [0.2, 0.25) is 0 Å². The molecule has 3 rings (SSSR count). The number of rotatable bonds is 7. The highest BCUT2D eigenvalue weighted by Gasteiger charge is 2.23. The Labute approximate surface area is 157 Å². The molecule has 1 fully saturated rings. The van der Waals surface area contributed by atoms with Gasteiger partial charge in [0.05, 0.1) is 0 Å². The number of benzene rings is 2. The molecule has 26 heavy (non-hydrogen) atoms. The largest absolute Gasteiger partial charge is 0.508 e. The molecule has 2 nitrogen and oxygen atoms in total. The van der Waals surface area contributed by atoms with Gasteiger partial charge in [-0.05, 0) is 73.8 Å². The van der Waals surface area contributed by atoms with Gasteiger partial charge in [-0.3, -0.25) is 0 Å². The molecule has 0 amide bonds. The molecule has 0 aliphatic heterocycles. The van der Waals surface area contributed by atoms with Crippen LogP contribution in [0.3, 0.4) is 0 Å². The van der Waals surface area contributed by atoms with Crippen molar-refractivity contribution < 1.29 is 10.2 Å². The average molecular weight is 351 g/mol. The first-order chi connectivity index (χ1) is 12.7. The Morgan fingerprint density at radius 3 is 2.04 bits per heavy atom. The fraction of sp³-hybridized carbons (Fsp3) is 0.417. The van der Waals surface area contributed by atoms with Crippen LogP contribution in [-0.2, 0) is 0 Å². The summed E-state index contributed by atoms with van der Waals surface area (Å²) in [6.45, 7) is 2.38. The summed E-state index contributed by atoms with van der Waals surface area (Å²) >= 11 is 0. The van der Waals surface area contributed by atoms with Crippen molar-refractivity contribution in [1.29, 1.82) is 0 Å². The normalized spacial score (nSPS) is 15.9. The van der Waals surface area contributed by atoms with Gasteiger partial charge in [0.15, 0.2) is 0 Å². The topological polar surface area (TPSA) is 40.5 Å². The second-order valence-corrected chi connectivity index (χ2v) is 7.48. The van der Waals surface area contributed by atoms with E-state index in [0.29, 0.717) is 11.7 Å². The van der Waals surface area contributed by atoms with Gasteiger partial charge in [0.1, 0.15) is 5.75 Å². The summed E-state index contributed by atoms with van der Waals surface area (Å²) in [7, 11) is 0. The molecule has 1 aliphatic rings. The molecule has 2 aromatic carbocycles. The fourth-order valence-corrected chi connectivity index (χ4v) is 4.12. The lowest BCUT2D eigenvalue weighted by Crippen LogP contribution is -2.05. The summed E-state index contributed by atoms with van der Waals surface area (Å²) in [4.78, 5) is 0. The number of phenols is 1. The van der Waals surface area contributed by atoms with E-state index in [0.717, 1.165) is 19.3 Å². The summed E-state index contributed by atoms with van der Waals surface area (Å²) in [5.41, 5.74) is 6.56. The Morgan fingerprint density at radius 1 is 0.885 bits per heavy atom. The van der Waals surface area contributed by atoms with Gasteiger partial charge in [-0.15, -0.1) is 0 Å². The predicted octanol–water partition coefficient (Wildman–Crippen LogP) is 5.86. The summed E-state index contributed by atoms with van der Waals surface area (Å²) in [5, 5.41) is 19.0. The minimum atomic E-state index is 0.261. The molecular weight excluding hydrogens is 320 g/mol. The lowest BCUT2D eigenvalue weighted by atomic mass is 9.83. The predicted molar refractivity (Wildman–Crippen MR) is 108 cm³/mol. The van der Waals surface area contributed by atoms with Gasteiger partial charge in [0, 0.05) is 6.61 Å². The number of aromatic hydroxyl groups is 1. The quantitative estimate of drug-likeness (QED) is 0.614. The third-order valence-electron chi connectivity index (χ3n) is 5.52. The molecule has 0 heterocycles. The molecule has 0 saturated heterocycles. The van der Waals surface area contributed by atoms with Gasteiger partial charge in [-0.2, -0.15) is 0 Å². The zero-order valence-electron chi connectivity index (χ0n) is 15.7. The summed E-state index contributed by atoms with van der Waals surface area (Å²) in [6, 6.07) is 16.4. The molecule has 0 bridgehead atoms. The molecule has 2 heteroatoms. The van der Waals surface area contributed by atoms with Crippen molar-refractivity contribution in [3.05, 3.63) is 70.8 Å². The van der Waals surface area contributed by atoms with Gasteiger partial charge >= 0.3 is 0 Å². The van der Waals surface area contributed by atoms with Gasteiger partial charge in [0.25, 0.3) is 0 Å². The zero-order valence-corrected chi connectivity index (χ0v) is 15.7. The number of unbranched alkanes of at least 4 members (excludes halogenated alkanes) is 1. The van der Waals surface area contributed by atoms with E-state index in [9.17, 15) is 10.2 Å². The van der Waals surface area contributed by atoms with Crippen LogP contribution in [0.4, 0.5) is 0 Å². The van der Waals surface area contributed by atoms with Crippen LogP contribution >= 0.6 is 0 Å². The Kier molecular flexibility index (Phi) is 6.51. The van der Waals surface area contributed by atoms with Crippen LogP contribution < -0.4 is 0 Å². The lowest BCUT2D eigenvalue weighted by Gasteiger charge is -2.22. The second kappa shape index (κ2) is 9.05. The highest BCUT2D eigenvalue weighted by molar-refractivity contribution is 5.82. The SMILES string of the molecule is Cc1ccc(/C(=C(/CCCCO)C2CCCC2)c2ccc(O)cc2)cc1. The van der Waals surface area contributed by atoms with Crippen LogP contribution in [0.15, 0.2) is 54.1 Å². The van der Waals surface area contributed by atoms with Crippen LogP contribution in [0.25, 0.3) is 5.57 Å². The number of hydrogen-bond acceptors (Lipinski definition) is 2. The Bertz CT molecular complexity index is 672. The van der Waals surface area contributed by atoms with Crippen molar-refractivity contribution in [3.63, 3.8) is 0 Å². The Balaban J connectivity index is 2.10. The van der Waals surface area contributed by atoms with E-state index in [-0.39, 0.29) is 6.61 Å². The standard InChI is InChI=1S/C24H30O2/c1-18-9-11-20(12-10-18)24(21-13-15-22(26)16-14-21)23(8-4-5-17-25)19-6-2-3-7-19/h9-16,19,25-26H,2-8,17H2,1H3/b24-23+. The van der Waals surface area contributed by atoms with Gasteiger partial charge in [-0.1, -0.05) is 60.4 Å². The lowest BCUT2D eigenvalue weighted by molar-refractivity contribution is 0.284. The number of hydrogen-bond donors (Lipinski definition) is 2. The number of aliphatic hydroxyl groups is 1. The molecule has 2 aromatic rings. The van der Waals surface area contributed by atoms with E-state index in [2.05, 4.69) is 31.2 Å². The summed E-state index contributed by atoms with van der Waals surface area (Å²) < 4.78 is 0. The molecule has 0 spiro atoms. The first-order valence-electron chi connectivity index (χ1n) is 9.89. The molecule has 2 N–H and O–H groups in total. The fourth-order valence-electron chi connectivity index (χ4n) is 4.12. The minimum Gasteiger partial charge on any atom is -0.508 e. The van der Waals surface area contributed by atoms with E-state index >= 15 is 0 Å². The number of aliphatic hydroxyl groups excluding tert-OH is 1. The van der Waals surface area contributed by atoms with Crippen molar-refractivity contribution in [2.24, 2.45) is 5.92 Å². The smallest absolute Gasteiger partial charge is 0.115 e. The Hall–Kier alpha value is -2.06. The monoisotopic (exact) mass is 350 g/mol. The first-order valence-corrected chi connectivity index (χ1v) is 9.89. The highest BCUT2D eigenvalue weighted by Crippen LogP contribution is 2.40. The number of phenolic OH excluding ortho intramolecular Hbond substituents is 1. The maximum Gasteiger partial charge on any atom is 0.115 e. The van der Waals surface area contributed by atoms with Crippen LogP contribution in [0.5, 0.6) is 5.75 Å². The Morgan fingerprint density at radius 2 is 1.46 bits per heavy atom. The molecule has 0 aromatic heterocycles. The molecule has 0 radical (unpaired) electrons. The first kappa shape index (κ1) is 18.7. The van der Waals surface area contributed by atoms with E-state index < -0.39 is 0 Å². The van der Waals surface area contributed by atoms with E-state index in [1.165, 1.54) is 53.5 Å². The molecule has 0 unspecified atom stereocenters. The van der Waals surface area contributed by atoms with Crippen LogP contribution in [0.1, 0.15) is 61.6 Å². The number of aryl methyl sites for hydroxylation is 1. The van der Waals surface area contributed by atoms with Crippen LogP contribution in [-0.4, -0.2) is 16.8 Å². The van der Waals surface area contributed by atoms with Gasteiger partial charge in [-0.25, -0.2) is 0 Å². The summed E-state index contributed by atoms with van der Waals surface area (Å²) in [5.74, 6) is 0.943. The second-order valence-electron chi connectivity index (χ2n) is 7.48. The molecule has 138 valence electrons. The van der Waals surface area contributed by atoms with E-state index in [1.54, 1.807) is 12.1 Å². The van der Waals surface area contributed by atoms with E-state index in [4.69, 9.17) is 0 Å². The third kappa shape index (κ3) is 4.56. The van der Waals surface area contributed by atoms with Crippen LogP contribution in [0.2, 0.25) is 0 Å². The highest BCUT2D eigenvalue weighted by atomic mass is 16.3. The molecule has 1 saturated carbocycles. The molecule has 1 aliphatic carbocycles. The van der Waals surface area contributed by atoms with Crippen molar-refractivity contribution in [1.82, 2.24) is 0 Å². The summed E-state index contributed by atoms with van der Waals surface area (Å²) in [6.07, 6.45) is 8.07. The average Bonchev–Trinajstić information content (AvgIpc) is 3.18. The molecule has 0 atom stereocenters. The minimum absolute atomic E-state index is 0.261. The van der Waals surface area contributed by atoms with Crippen molar-refractivity contribution in [2.75, 3.05) is 6.61 Å².